The average Bonchev–Trinajstić information content (AvgIpc) is 3.42. The molecule has 0 amide bonds. The third-order valence-electron chi connectivity index (χ3n) is 11.8. The van der Waals surface area contributed by atoms with Gasteiger partial charge in [0, 0.05) is 52.9 Å². The Bertz CT molecular complexity index is 1770. The van der Waals surface area contributed by atoms with E-state index < -0.39 is 137 Å². The molecule has 4 fully saturated rings. The fraction of sp³-hybridized carbons (Fsp3) is 0.641. The van der Waals surface area contributed by atoms with Crippen molar-refractivity contribution in [2.24, 2.45) is 34.5 Å². The minimum atomic E-state index is -2.38. The van der Waals surface area contributed by atoms with E-state index in [-0.39, 0.29) is 12.0 Å². The maximum atomic E-state index is 14.6. The minimum Gasteiger partial charge on any atom is -0.461 e. The van der Waals surface area contributed by atoms with Gasteiger partial charge in [0.15, 0.2) is 24.4 Å². The molecule has 4 aliphatic carbocycles. The minimum absolute atomic E-state index is 0.128. The predicted octanol–water partition coefficient (Wildman–Crippen LogP) is 2.44. The Labute approximate surface area is 317 Å². The van der Waals surface area contributed by atoms with Crippen LogP contribution in [-0.4, -0.2) is 101 Å². The number of esters is 7. The van der Waals surface area contributed by atoms with E-state index in [1.807, 2.05) is 0 Å². The summed E-state index contributed by atoms with van der Waals surface area (Å²) in [7, 11) is 0. The molecule has 1 aromatic rings. The lowest BCUT2D eigenvalue weighted by Crippen LogP contribution is -2.72. The molecule has 0 aromatic heterocycles. The highest BCUT2D eigenvalue weighted by atomic mass is 16.6. The van der Waals surface area contributed by atoms with E-state index in [0.29, 0.717) is 0 Å². The lowest BCUT2D eigenvalue weighted by Gasteiger charge is -2.58. The summed E-state index contributed by atoms with van der Waals surface area (Å²) in [6.45, 7) is 10.6. The van der Waals surface area contributed by atoms with Gasteiger partial charge in [-0.1, -0.05) is 32.0 Å². The van der Waals surface area contributed by atoms with E-state index in [2.05, 4.69) is 0 Å². The molecule has 1 N–H and O–H groups in total. The van der Waals surface area contributed by atoms with E-state index in [1.54, 1.807) is 39.0 Å². The van der Waals surface area contributed by atoms with Crippen LogP contribution in [0.2, 0.25) is 0 Å². The second kappa shape index (κ2) is 14.7. The van der Waals surface area contributed by atoms with Gasteiger partial charge in [-0.2, -0.15) is 0 Å². The molecular formula is C39H48O16. The van der Waals surface area contributed by atoms with Crippen LogP contribution >= 0.6 is 0 Å². The van der Waals surface area contributed by atoms with Crippen LogP contribution in [0.3, 0.4) is 0 Å². The molecule has 300 valence electrons. The molecule has 4 saturated carbocycles. The van der Waals surface area contributed by atoms with Crippen LogP contribution in [0.25, 0.3) is 0 Å². The molecular weight excluding hydrogens is 724 g/mol. The Morgan fingerprint density at radius 2 is 1.29 bits per heavy atom. The second-order valence-electron chi connectivity index (χ2n) is 16.0. The standard InChI is InChI=1S/C39H48O16/c1-18-15-38(48)28(29(18)54-33(47)24-13-11-10-12-14-24)32(53-26(45)17-49-19(2)40)39(55-23(6)44)16-25-27(31(50-20(3)41)36(7,8)30(25)46)37(9,34(38)51-21(4)42)35(39)52-22(5)43/h10-14,18,25,27-29,31-32,34-35,48H,15-17H2,1-9H3/t18-,25+,27+,28+,29-,31-,32+,34+,35?,37+,38+,39+/m0/s1. The van der Waals surface area contributed by atoms with Crippen molar-refractivity contribution in [2.45, 2.75) is 117 Å². The molecule has 2 bridgehead atoms. The van der Waals surface area contributed by atoms with Crippen LogP contribution in [0.1, 0.15) is 85.5 Å². The number of ether oxygens (including phenoxy) is 7. The van der Waals surface area contributed by atoms with Gasteiger partial charge in [0.2, 0.25) is 0 Å². The van der Waals surface area contributed by atoms with Crippen molar-refractivity contribution < 1.29 is 76.6 Å². The van der Waals surface area contributed by atoms with Gasteiger partial charge in [0.1, 0.15) is 29.7 Å². The quantitative estimate of drug-likeness (QED) is 0.281. The van der Waals surface area contributed by atoms with Gasteiger partial charge >= 0.3 is 41.8 Å². The molecule has 12 atom stereocenters. The number of hydrogen-bond donors (Lipinski definition) is 1. The number of Topliss-reactive ketones (excluding diaryl/α,β-unsaturated/α-hetero) is 1. The van der Waals surface area contributed by atoms with Crippen molar-refractivity contribution in [1.29, 1.82) is 0 Å². The van der Waals surface area contributed by atoms with Crippen LogP contribution in [0, 0.1) is 34.5 Å². The number of fused-ring (bicyclic) bond motifs is 5. The predicted molar refractivity (Wildman–Crippen MR) is 184 cm³/mol. The number of aliphatic hydroxyl groups is 1. The molecule has 0 aliphatic heterocycles. The zero-order chi connectivity index (χ0) is 41.0. The molecule has 16 heteroatoms. The summed E-state index contributed by atoms with van der Waals surface area (Å²) in [6, 6.07) is 7.88. The molecule has 0 spiro atoms. The molecule has 55 heavy (non-hydrogen) atoms. The number of carbonyl (C=O) groups excluding carboxylic acids is 8. The summed E-state index contributed by atoms with van der Waals surface area (Å²) in [6.07, 6.45) is -9.00. The van der Waals surface area contributed by atoms with Crippen LogP contribution in [0.15, 0.2) is 30.3 Å². The van der Waals surface area contributed by atoms with E-state index in [4.69, 9.17) is 33.2 Å². The summed E-state index contributed by atoms with van der Waals surface area (Å²) in [5.74, 6) is -11.8. The van der Waals surface area contributed by atoms with Gasteiger partial charge in [-0.15, -0.1) is 0 Å². The van der Waals surface area contributed by atoms with Crippen LogP contribution in [0.4, 0.5) is 0 Å². The Balaban J connectivity index is 1.90. The average molecular weight is 773 g/mol. The first kappa shape index (κ1) is 41.3. The van der Waals surface area contributed by atoms with Gasteiger partial charge < -0.3 is 38.3 Å². The maximum Gasteiger partial charge on any atom is 0.344 e. The van der Waals surface area contributed by atoms with E-state index in [1.165, 1.54) is 19.1 Å². The largest absolute Gasteiger partial charge is 0.461 e. The number of ketones is 1. The highest BCUT2D eigenvalue weighted by Gasteiger charge is 2.84. The highest BCUT2D eigenvalue weighted by molar-refractivity contribution is 5.91. The summed E-state index contributed by atoms with van der Waals surface area (Å²) in [5.41, 5.74) is -8.05. The molecule has 0 heterocycles. The summed E-state index contributed by atoms with van der Waals surface area (Å²) in [4.78, 5) is 106. The Morgan fingerprint density at radius 3 is 1.84 bits per heavy atom. The summed E-state index contributed by atoms with van der Waals surface area (Å²) >= 11 is 0. The maximum absolute atomic E-state index is 14.6. The molecule has 4 aliphatic rings. The lowest BCUT2D eigenvalue weighted by atomic mass is 9.53. The van der Waals surface area contributed by atoms with Crippen LogP contribution in [-0.2, 0) is 66.7 Å². The van der Waals surface area contributed by atoms with E-state index in [0.717, 1.165) is 34.6 Å². The highest BCUT2D eigenvalue weighted by Crippen LogP contribution is 2.69. The van der Waals surface area contributed by atoms with Crippen molar-refractivity contribution in [3.63, 3.8) is 0 Å². The zero-order valence-electron chi connectivity index (χ0n) is 32.3. The molecule has 5 rings (SSSR count). The van der Waals surface area contributed by atoms with Gasteiger partial charge in [0.25, 0.3) is 0 Å². The Morgan fingerprint density at radius 1 is 0.709 bits per heavy atom. The fourth-order valence-corrected chi connectivity index (χ4v) is 10.2. The Kier molecular flexibility index (Phi) is 11.0. The Hall–Kier alpha value is -4.86. The molecule has 1 aromatic carbocycles. The van der Waals surface area contributed by atoms with Crippen molar-refractivity contribution in [3.8, 4) is 0 Å². The smallest absolute Gasteiger partial charge is 0.344 e. The zero-order valence-corrected chi connectivity index (χ0v) is 32.3. The molecule has 0 radical (unpaired) electrons. The fourth-order valence-electron chi connectivity index (χ4n) is 10.2. The van der Waals surface area contributed by atoms with Gasteiger partial charge in [-0.3, -0.25) is 28.8 Å². The molecule has 1 unspecified atom stereocenters. The second-order valence-corrected chi connectivity index (χ2v) is 16.0. The number of hydrogen-bond acceptors (Lipinski definition) is 16. The first-order valence-electron chi connectivity index (χ1n) is 18.1. The van der Waals surface area contributed by atoms with Crippen molar-refractivity contribution in [2.75, 3.05) is 6.61 Å². The first-order chi connectivity index (χ1) is 25.5. The lowest BCUT2D eigenvalue weighted by molar-refractivity contribution is -0.276. The van der Waals surface area contributed by atoms with Crippen molar-refractivity contribution in [1.82, 2.24) is 0 Å². The number of benzene rings is 1. The van der Waals surface area contributed by atoms with Crippen molar-refractivity contribution in [3.05, 3.63) is 35.9 Å². The van der Waals surface area contributed by atoms with Crippen LogP contribution in [0.5, 0.6) is 0 Å². The normalized spacial score (nSPS) is 36.8. The summed E-state index contributed by atoms with van der Waals surface area (Å²) < 4.78 is 41.5. The third-order valence-corrected chi connectivity index (χ3v) is 11.8. The van der Waals surface area contributed by atoms with Gasteiger partial charge in [-0.25, -0.2) is 9.59 Å². The van der Waals surface area contributed by atoms with E-state index in [9.17, 15) is 43.5 Å². The monoisotopic (exact) mass is 772 g/mol. The van der Waals surface area contributed by atoms with E-state index >= 15 is 0 Å². The van der Waals surface area contributed by atoms with Crippen LogP contribution < -0.4 is 0 Å². The summed E-state index contributed by atoms with van der Waals surface area (Å²) in [5, 5.41) is 13.4. The molecule has 16 nitrogen and oxygen atoms in total. The topological polar surface area (TPSA) is 221 Å². The molecule has 0 saturated heterocycles. The number of rotatable bonds is 9. The van der Waals surface area contributed by atoms with Crippen molar-refractivity contribution >= 4 is 47.6 Å². The third kappa shape index (κ3) is 6.97. The number of carbonyl (C=O) groups is 8. The SMILES string of the molecule is CC(=O)OCC(=O)O[C@@H]1[C@H]2[C@@H](OC(=O)c3ccccc3)[C@@H](C)C[C@]2(O)[C@H](OC(C)=O)[C@]2(C)C(OC(C)=O)[C@@]1(OC(C)=O)C[C@H]1C(=O)C(C)(C)[C@@H](OC(C)=O)[C@@H]12. The first-order valence-corrected chi connectivity index (χ1v) is 18.1. The van der Waals surface area contributed by atoms with Gasteiger partial charge in [-0.05, 0) is 38.3 Å². The van der Waals surface area contributed by atoms with Gasteiger partial charge in [0.05, 0.1) is 22.3 Å².